The molecule has 94 valence electrons. The normalized spacial score (nSPS) is 11.2. The minimum absolute atomic E-state index is 0.228. The molecule has 0 saturated heterocycles. The highest BCUT2D eigenvalue weighted by atomic mass is 32.1. The quantitative estimate of drug-likeness (QED) is 0.598. The molecule has 0 aliphatic carbocycles. The predicted molar refractivity (Wildman–Crippen MR) is 73.3 cm³/mol. The number of nitrogens with one attached hydrogen (secondary N) is 1. The summed E-state index contributed by atoms with van der Waals surface area (Å²) in [5, 5.41) is 3.94. The van der Waals surface area contributed by atoms with Crippen LogP contribution in [0.15, 0.2) is 24.3 Å². The first-order valence-corrected chi connectivity index (χ1v) is 7.03. The van der Waals surface area contributed by atoms with Crippen LogP contribution < -0.4 is 16.2 Å². The summed E-state index contributed by atoms with van der Waals surface area (Å²) >= 11 is 4.75. The zero-order valence-corrected chi connectivity index (χ0v) is 11.8. The molecule has 0 fully saturated rings. The van der Waals surface area contributed by atoms with Gasteiger partial charge in [0.15, 0.2) is 5.11 Å². The average Bonchev–Trinajstić information content (AvgIpc) is 2.33. The predicted octanol–water partition coefficient (Wildman–Crippen LogP) is 0.427. The number of hydrogen-bond donors (Lipinski definition) is 2. The van der Waals surface area contributed by atoms with Gasteiger partial charge in [-0.15, -0.1) is 0 Å². The Kier molecular flexibility index (Phi) is 5.03. The molecule has 0 aliphatic rings. The van der Waals surface area contributed by atoms with Crippen molar-refractivity contribution in [2.45, 2.75) is 0 Å². The molecule has 1 rings (SSSR count). The first-order chi connectivity index (χ1) is 8.07. The van der Waals surface area contributed by atoms with Crippen LogP contribution in [0.25, 0.3) is 0 Å². The zero-order valence-electron chi connectivity index (χ0n) is 10.0. The monoisotopic (exact) mass is 272 g/mol. The number of benzene rings is 1. The van der Waals surface area contributed by atoms with Gasteiger partial charge in [0, 0.05) is 32.2 Å². The summed E-state index contributed by atoms with van der Waals surface area (Å²) in [6.45, 7) is 0. The van der Waals surface area contributed by atoms with Crippen molar-refractivity contribution in [2.24, 2.45) is 5.73 Å². The highest BCUT2D eigenvalue weighted by molar-refractivity contribution is 7.80. The van der Waals surface area contributed by atoms with Crippen molar-refractivity contribution in [3.8, 4) is 0 Å². The van der Waals surface area contributed by atoms with Crippen LogP contribution in [-0.2, 0) is 13.3 Å². The molecule has 0 aliphatic heterocycles. The summed E-state index contributed by atoms with van der Waals surface area (Å²) in [6, 6.07) is 7.41. The van der Waals surface area contributed by atoms with E-state index in [0.717, 1.165) is 10.9 Å². The van der Waals surface area contributed by atoms with Gasteiger partial charge < -0.3 is 24.3 Å². The minimum atomic E-state index is -2.75. The molecule has 0 heterocycles. The number of hydrogen-bond acceptors (Lipinski definition) is 4. The second-order valence-electron chi connectivity index (χ2n) is 3.24. The van der Waals surface area contributed by atoms with Gasteiger partial charge >= 0.3 is 8.80 Å². The molecule has 1 aromatic rings. The molecule has 0 unspecified atom stereocenters. The fourth-order valence-corrected chi connectivity index (χ4v) is 3.40. The minimum Gasteiger partial charge on any atom is -0.376 e. The summed E-state index contributed by atoms with van der Waals surface area (Å²) < 4.78 is 16.1. The number of rotatable bonds is 5. The van der Waals surface area contributed by atoms with Gasteiger partial charge in [-0.2, -0.15) is 0 Å². The summed E-state index contributed by atoms with van der Waals surface area (Å²) in [4.78, 5) is 0. The molecule has 7 heteroatoms. The van der Waals surface area contributed by atoms with E-state index in [1.54, 1.807) is 21.3 Å². The Labute approximate surface area is 107 Å². The molecule has 3 N–H and O–H groups in total. The zero-order chi connectivity index (χ0) is 12.9. The third-order valence-electron chi connectivity index (χ3n) is 2.31. The fraction of sp³-hybridized carbons (Fsp3) is 0.300. The second kappa shape index (κ2) is 6.08. The fourth-order valence-electron chi connectivity index (χ4n) is 1.50. The molecule has 0 aromatic heterocycles. The van der Waals surface area contributed by atoms with Crippen LogP contribution in [0.5, 0.6) is 0 Å². The van der Waals surface area contributed by atoms with Crippen molar-refractivity contribution in [1.82, 2.24) is 0 Å². The van der Waals surface area contributed by atoms with E-state index in [9.17, 15) is 0 Å². The van der Waals surface area contributed by atoms with Crippen molar-refractivity contribution in [3.63, 3.8) is 0 Å². The second-order valence-corrected chi connectivity index (χ2v) is 6.59. The van der Waals surface area contributed by atoms with Gasteiger partial charge in [-0.05, 0) is 24.4 Å². The maximum atomic E-state index is 5.38. The molecular weight excluding hydrogens is 256 g/mol. The van der Waals surface area contributed by atoms with Crippen LogP contribution in [0.2, 0.25) is 0 Å². The van der Waals surface area contributed by atoms with Crippen molar-refractivity contribution < 1.29 is 13.3 Å². The molecule has 1 aromatic carbocycles. The van der Waals surface area contributed by atoms with Gasteiger partial charge in [0.25, 0.3) is 0 Å². The maximum Gasteiger partial charge on any atom is 0.536 e. The van der Waals surface area contributed by atoms with Gasteiger partial charge in [0.05, 0.1) is 0 Å². The largest absolute Gasteiger partial charge is 0.536 e. The van der Waals surface area contributed by atoms with E-state index in [1.165, 1.54) is 0 Å². The molecule has 0 bridgehead atoms. The van der Waals surface area contributed by atoms with E-state index in [0.29, 0.717) is 0 Å². The maximum absolute atomic E-state index is 5.38. The Balaban J connectivity index is 2.96. The van der Waals surface area contributed by atoms with E-state index < -0.39 is 8.80 Å². The lowest BCUT2D eigenvalue weighted by Gasteiger charge is -2.24. The van der Waals surface area contributed by atoms with Crippen LogP contribution in [-0.4, -0.2) is 35.2 Å². The van der Waals surface area contributed by atoms with Crippen LogP contribution >= 0.6 is 12.2 Å². The summed E-state index contributed by atoms with van der Waals surface area (Å²) in [7, 11) is 1.96. The molecule has 0 radical (unpaired) electrons. The van der Waals surface area contributed by atoms with E-state index in [4.69, 9.17) is 31.2 Å². The van der Waals surface area contributed by atoms with E-state index in [2.05, 4.69) is 5.32 Å². The first-order valence-electron chi connectivity index (χ1n) is 4.90. The van der Waals surface area contributed by atoms with Crippen LogP contribution in [0.3, 0.4) is 0 Å². The first kappa shape index (κ1) is 14.1. The van der Waals surface area contributed by atoms with E-state index >= 15 is 0 Å². The SMILES string of the molecule is CO[Si](OC)(OC)c1ccc(NC(N)=S)cc1. The molecule has 0 saturated carbocycles. The van der Waals surface area contributed by atoms with E-state index in [-0.39, 0.29) is 5.11 Å². The Bertz CT molecular complexity index is 373. The third kappa shape index (κ3) is 3.24. The van der Waals surface area contributed by atoms with Crippen molar-refractivity contribution >= 4 is 37.0 Å². The van der Waals surface area contributed by atoms with Gasteiger partial charge in [-0.25, -0.2) is 0 Å². The third-order valence-corrected chi connectivity index (χ3v) is 5.07. The standard InChI is InChI=1S/C10H16N2O3SSi/c1-13-17(14-2,15-3)9-6-4-8(5-7-9)12-10(11)16/h4-7H,1-3H3,(H3,11,12,16). The summed E-state index contributed by atoms with van der Waals surface area (Å²) in [5.74, 6) is 0. The number of nitrogens with two attached hydrogens (primary N) is 1. The lowest BCUT2D eigenvalue weighted by Crippen LogP contribution is -2.54. The summed E-state index contributed by atoms with van der Waals surface area (Å²) in [5.41, 5.74) is 6.19. The molecule has 5 nitrogen and oxygen atoms in total. The molecule has 0 atom stereocenters. The number of thiocarbonyl (C=S) groups is 1. The van der Waals surface area contributed by atoms with Gasteiger partial charge in [0.1, 0.15) is 0 Å². The lowest BCUT2D eigenvalue weighted by molar-refractivity contribution is 0.140. The van der Waals surface area contributed by atoms with Gasteiger partial charge in [0.2, 0.25) is 0 Å². The van der Waals surface area contributed by atoms with Crippen molar-refractivity contribution in [2.75, 3.05) is 26.6 Å². The molecule has 17 heavy (non-hydrogen) atoms. The van der Waals surface area contributed by atoms with Crippen LogP contribution in [0, 0.1) is 0 Å². The smallest absolute Gasteiger partial charge is 0.376 e. The van der Waals surface area contributed by atoms with Crippen molar-refractivity contribution in [3.05, 3.63) is 24.3 Å². The highest BCUT2D eigenvalue weighted by Crippen LogP contribution is 2.10. The van der Waals surface area contributed by atoms with Crippen LogP contribution in [0.1, 0.15) is 0 Å². The molecule has 0 spiro atoms. The Morgan fingerprint density at radius 2 is 1.59 bits per heavy atom. The Morgan fingerprint density at radius 3 is 1.94 bits per heavy atom. The molecular formula is C10H16N2O3SSi. The molecule has 0 amide bonds. The Hall–Kier alpha value is -0.993. The Morgan fingerprint density at radius 1 is 1.12 bits per heavy atom. The van der Waals surface area contributed by atoms with E-state index in [1.807, 2.05) is 24.3 Å². The van der Waals surface area contributed by atoms with Gasteiger partial charge in [-0.3, -0.25) is 0 Å². The van der Waals surface area contributed by atoms with Gasteiger partial charge in [-0.1, -0.05) is 12.1 Å². The lowest BCUT2D eigenvalue weighted by atomic mass is 10.3. The summed E-state index contributed by atoms with van der Waals surface area (Å²) in [6.07, 6.45) is 0. The number of anilines is 1. The topological polar surface area (TPSA) is 65.7 Å². The average molecular weight is 272 g/mol. The highest BCUT2D eigenvalue weighted by Gasteiger charge is 2.40. The van der Waals surface area contributed by atoms with Crippen molar-refractivity contribution in [1.29, 1.82) is 0 Å². The van der Waals surface area contributed by atoms with Crippen LogP contribution in [0.4, 0.5) is 5.69 Å².